The van der Waals surface area contributed by atoms with Crippen LogP contribution in [0.5, 0.6) is 0 Å². The van der Waals surface area contributed by atoms with Gasteiger partial charge in [0.1, 0.15) is 0 Å². The number of carbonyl (C=O) groups excluding carboxylic acids is 1. The molecule has 0 bridgehead atoms. The van der Waals surface area contributed by atoms with Gasteiger partial charge in [0, 0.05) is 37.6 Å². The molecule has 7 heteroatoms. The lowest BCUT2D eigenvalue weighted by atomic mass is 10.0. The second-order valence-corrected chi connectivity index (χ2v) is 9.13. The number of carbonyl (C=O) groups is 1. The number of piperazine rings is 1. The monoisotopic (exact) mass is 373 g/mol. The molecule has 1 fully saturated rings. The largest absolute Gasteiger partial charge is 0.329 e. The van der Waals surface area contributed by atoms with E-state index < -0.39 is 15.1 Å². The van der Waals surface area contributed by atoms with Gasteiger partial charge in [-0.05, 0) is 49.7 Å². The Morgan fingerprint density at radius 1 is 1.23 bits per heavy atom. The maximum absolute atomic E-state index is 13.0. The number of nitrogens with zero attached hydrogens (tertiary/aromatic N) is 2. The summed E-state index contributed by atoms with van der Waals surface area (Å²) < 4.78 is 24.5. The molecule has 1 saturated heterocycles. The van der Waals surface area contributed by atoms with Crippen LogP contribution in [0.3, 0.4) is 0 Å². The van der Waals surface area contributed by atoms with E-state index in [9.17, 15) is 13.2 Å². The number of pyridine rings is 1. The van der Waals surface area contributed by atoms with Crippen molar-refractivity contribution in [1.82, 2.24) is 15.2 Å². The summed E-state index contributed by atoms with van der Waals surface area (Å²) in [5, 5.41) is 2.82. The molecule has 1 unspecified atom stereocenters. The zero-order valence-electron chi connectivity index (χ0n) is 14.9. The zero-order chi connectivity index (χ0) is 18.7. The minimum atomic E-state index is -3.34. The van der Waals surface area contributed by atoms with Gasteiger partial charge >= 0.3 is 0 Å². The number of rotatable bonds is 4. The summed E-state index contributed by atoms with van der Waals surface area (Å²) >= 11 is 0. The highest BCUT2D eigenvalue weighted by Crippen LogP contribution is 2.24. The molecule has 0 saturated carbocycles. The van der Waals surface area contributed by atoms with Crippen LogP contribution in [0.2, 0.25) is 0 Å². The first-order chi connectivity index (χ1) is 12.4. The first kappa shape index (κ1) is 18.5. The van der Waals surface area contributed by atoms with Crippen molar-refractivity contribution in [3.05, 3.63) is 59.9 Å². The molecule has 3 rings (SSSR count). The van der Waals surface area contributed by atoms with Gasteiger partial charge in [0.2, 0.25) is 0 Å². The zero-order valence-corrected chi connectivity index (χ0v) is 15.7. The average Bonchev–Trinajstić information content (AvgIpc) is 2.68. The number of benzene rings is 1. The quantitative estimate of drug-likeness (QED) is 0.887. The third kappa shape index (κ3) is 3.64. The van der Waals surface area contributed by atoms with E-state index in [1.54, 1.807) is 38.4 Å². The number of nitrogens with one attached hydrogen (secondary N) is 1. The molecule has 0 aliphatic carbocycles. The molecule has 6 nitrogen and oxygen atoms in total. The molecule has 1 aliphatic heterocycles. The van der Waals surface area contributed by atoms with Crippen LogP contribution in [-0.4, -0.2) is 49.1 Å². The molecule has 1 aromatic heterocycles. The Labute approximate surface area is 154 Å². The van der Waals surface area contributed by atoms with Crippen molar-refractivity contribution in [3.8, 4) is 0 Å². The van der Waals surface area contributed by atoms with E-state index in [4.69, 9.17) is 0 Å². The highest BCUT2D eigenvalue weighted by Gasteiger charge is 2.29. The molecule has 1 atom stereocenters. The van der Waals surface area contributed by atoms with Crippen LogP contribution >= 0.6 is 0 Å². The SMILES string of the molecule is CC(C)S(=O)(=O)c1ccc(C(=O)N2CCNCC2c2cccnc2)cc1. The summed E-state index contributed by atoms with van der Waals surface area (Å²) in [7, 11) is -3.34. The number of hydrogen-bond acceptors (Lipinski definition) is 5. The van der Waals surface area contributed by atoms with Crippen molar-refractivity contribution in [1.29, 1.82) is 0 Å². The van der Waals surface area contributed by atoms with Gasteiger partial charge in [0.15, 0.2) is 9.84 Å². The first-order valence-corrected chi connectivity index (χ1v) is 10.2. The Kier molecular flexibility index (Phi) is 5.38. The molecular weight excluding hydrogens is 350 g/mol. The fourth-order valence-corrected chi connectivity index (χ4v) is 4.10. The fourth-order valence-electron chi connectivity index (χ4n) is 3.04. The van der Waals surface area contributed by atoms with Crippen LogP contribution in [0.25, 0.3) is 0 Å². The van der Waals surface area contributed by atoms with Crippen LogP contribution in [0, 0.1) is 0 Å². The van der Waals surface area contributed by atoms with Crippen molar-refractivity contribution in [3.63, 3.8) is 0 Å². The van der Waals surface area contributed by atoms with Crippen LogP contribution in [0.15, 0.2) is 53.7 Å². The Balaban J connectivity index is 1.86. The second-order valence-electron chi connectivity index (χ2n) is 6.62. The van der Waals surface area contributed by atoms with Gasteiger partial charge in [0.25, 0.3) is 5.91 Å². The molecule has 1 aliphatic rings. The Morgan fingerprint density at radius 3 is 2.58 bits per heavy atom. The lowest BCUT2D eigenvalue weighted by Gasteiger charge is -2.36. The Bertz CT molecular complexity index is 865. The molecule has 1 N–H and O–H groups in total. The van der Waals surface area contributed by atoms with E-state index in [1.165, 1.54) is 12.1 Å². The number of amides is 1. The summed E-state index contributed by atoms with van der Waals surface area (Å²) in [5.41, 5.74) is 1.47. The smallest absolute Gasteiger partial charge is 0.254 e. The van der Waals surface area contributed by atoms with Gasteiger partial charge < -0.3 is 10.2 Å². The minimum Gasteiger partial charge on any atom is -0.329 e. The highest BCUT2D eigenvalue weighted by molar-refractivity contribution is 7.92. The van der Waals surface area contributed by atoms with Gasteiger partial charge in [-0.2, -0.15) is 0 Å². The van der Waals surface area contributed by atoms with Crippen LogP contribution in [-0.2, 0) is 9.84 Å². The van der Waals surface area contributed by atoms with Crippen molar-refractivity contribution in [2.45, 2.75) is 30.0 Å². The summed E-state index contributed by atoms with van der Waals surface area (Å²) in [5.74, 6) is -0.103. The van der Waals surface area contributed by atoms with Gasteiger partial charge in [-0.15, -0.1) is 0 Å². The third-order valence-corrected chi connectivity index (χ3v) is 6.79. The van der Waals surface area contributed by atoms with E-state index in [1.807, 2.05) is 17.0 Å². The average molecular weight is 373 g/mol. The Morgan fingerprint density at radius 2 is 1.96 bits per heavy atom. The summed E-state index contributed by atoms with van der Waals surface area (Å²) in [6, 6.07) is 9.96. The minimum absolute atomic E-state index is 0.0935. The molecule has 26 heavy (non-hydrogen) atoms. The van der Waals surface area contributed by atoms with Gasteiger partial charge in [-0.3, -0.25) is 9.78 Å². The molecule has 2 heterocycles. The number of sulfone groups is 1. The van der Waals surface area contributed by atoms with E-state index >= 15 is 0 Å². The van der Waals surface area contributed by atoms with Crippen molar-refractivity contribution < 1.29 is 13.2 Å². The van der Waals surface area contributed by atoms with E-state index in [2.05, 4.69) is 10.3 Å². The lowest BCUT2D eigenvalue weighted by Crippen LogP contribution is -2.48. The highest BCUT2D eigenvalue weighted by atomic mass is 32.2. The van der Waals surface area contributed by atoms with Crippen LogP contribution < -0.4 is 5.32 Å². The van der Waals surface area contributed by atoms with Gasteiger partial charge in [0.05, 0.1) is 16.2 Å². The molecule has 1 amide bonds. The van der Waals surface area contributed by atoms with E-state index in [0.29, 0.717) is 18.7 Å². The normalized spacial score (nSPS) is 18.1. The van der Waals surface area contributed by atoms with Crippen molar-refractivity contribution in [2.75, 3.05) is 19.6 Å². The third-order valence-electron chi connectivity index (χ3n) is 4.62. The van der Waals surface area contributed by atoms with Crippen LogP contribution in [0.1, 0.15) is 35.8 Å². The molecule has 2 aromatic rings. The Hall–Kier alpha value is -2.25. The topological polar surface area (TPSA) is 79.4 Å². The lowest BCUT2D eigenvalue weighted by molar-refractivity contribution is 0.0634. The molecule has 0 spiro atoms. The van der Waals surface area contributed by atoms with Crippen LogP contribution in [0.4, 0.5) is 0 Å². The second kappa shape index (κ2) is 7.55. The maximum Gasteiger partial charge on any atom is 0.254 e. The fraction of sp³-hybridized carbons (Fsp3) is 0.368. The van der Waals surface area contributed by atoms with Crippen molar-refractivity contribution in [2.24, 2.45) is 0 Å². The first-order valence-electron chi connectivity index (χ1n) is 8.67. The molecule has 138 valence electrons. The van der Waals surface area contributed by atoms with Gasteiger partial charge in [-0.25, -0.2) is 8.42 Å². The standard InChI is InChI=1S/C19H23N3O3S/c1-14(2)26(24,25)17-7-5-15(6-8-17)19(23)22-11-10-21-13-18(22)16-4-3-9-20-12-16/h3-9,12,14,18,21H,10-11,13H2,1-2H3. The van der Waals surface area contributed by atoms with E-state index in [0.717, 1.165) is 12.1 Å². The van der Waals surface area contributed by atoms with Gasteiger partial charge in [-0.1, -0.05) is 6.07 Å². The summed E-state index contributed by atoms with van der Waals surface area (Å²) in [6.07, 6.45) is 3.48. The van der Waals surface area contributed by atoms with Crippen molar-refractivity contribution >= 4 is 15.7 Å². The number of aromatic nitrogens is 1. The van der Waals surface area contributed by atoms with E-state index in [-0.39, 0.29) is 16.8 Å². The number of hydrogen-bond donors (Lipinski definition) is 1. The predicted molar refractivity (Wildman–Crippen MR) is 99.6 cm³/mol. The summed E-state index contributed by atoms with van der Waals surface area (Å²) in [6.45, 7) is 5.27. The molecular formula is C19H23N3O3S. The molecule has 0 radical (unpaired) electrons. The predicted octanol–water partition coefficient (Wildman–Crippen LogP) is 2.05. The molecule has 1 aromatic carbocycles. The maximum atomic E-state index is 13.0. The summed E-state index contributed by atoms with van der Waals surface area (Å²) in [4.78, 5) is 19.2.